The molecule has 0 unspecified atom stereocenters. The Labute approximate surface area is 202 Å². The highest BCUT2D eigenvalue weighted by molar-refractivity contribution is 6.24. The average Bonchev–Trinajstić information content (AvgIpc) is 3.31. The van der Waals surface area contributed by atoms with Crippen LogP contribution >= 0.6 is 0 Å². The Kier molecular flexibility index (Phi) is 4.93. The number of carbonyl (C=O) groups excluding carboxylic acids is 1. The molecule has 0 radical (unpaired) electrons. The molecule has 0 N–H and O–H groups in total. The Balaban J connectivity index is 1.71. The summed E-state index contributed by atoms with van der Waals surface area (Å²) in [4.78, 5) is 16.9. The van der Waals surface area contributed by atoms with Gasteiger partial charge in [-0.2, -0.15) is 0 Å². The number of rotatable bonds is 4. The minimum Gasteiger partial charge on any atom is -0.423 e. The summed E-state index contributed by atoms with van der Waals surface area (Å²) in [7, 11) is 0. The molecule has 0 saturated carbocycles. The molecule has 35 heavy (non-hydrogen) atoms. The van der Waals surface area contributed by atoms with Crippen molar-refractivity contribution in [2.75, 3.05) is 0 Å². The van der Waals surface area contributed by atoms with E-state index in [-0.39, 0.29) is 0 Å². The molecular weight excluding hydrogens is 432 g/mol. The van der Waals surface area contributed by atoms with Crippen molar-refractivity contribution in [1.82, 2.24) is 9.55 Å². The van der Waals surface area contributed by atoms with Gasteiger partial charge in [0.1, 0.15) is 11.6 Å². The summed E-state index contributed by atoms with van der Waals surface area (Å²) in [6, 6.07) is 32.8. The lowest BCUT2D eigenvalue weighted by Crippen LogP contribution is -2.03. The first kappa shape index (κ1) is 20.9. The Morgan fingerprint density at radius 2 is 1.40 bits per heavy atom. The molecule has 0 aliphatic rings. The summed E-state index contributed by atoms with van der Waals surface area (Å²) in [5, 5.41) is 4.62. The van der Waals surface area contributed by atoms with Crippen LogP contribution in [0.25, 0.3) is 49.7 Å². The lowest BCUT2D eigenvalue weighted by molar-refractivity contribution is -0.128. The molecule has 0 spiro atoms. The van der Waals surface area contributed by atoms with Gasteiger partial charge >= 0.3 is 5.97 Å². The number of benzene rings is 5. The van der Waals surface area contributed by atoms with E-state index in [1.165, 1.54) is 16.3 Å². The van der Waals surface area contributed by atoms with E-state index in [0.717, 1.165) is 45.0 Å². The maximum atomic E-state index is 11.7. The van der Waals surface area contributed by atoms with Crippen molar-refractivity contribution in [2.24, 2.45) is 0 Å². The zero-order valence-corrected chi connectivity index (χ0v) is 19.2. The number of hydrogen-bond donors (Lipinski definition) is 0. The maximum absolute atomic E-state index is 11.7. The first-order chi connectivity index (χ1) is 17.1. The zero-order chi connectivity index (χ0) is 23.9. The van der Waals surface area contributed by atoms with Crippen LogP contribution in [0, 0.1) is 6.92 Å². The van der Waals surface area contributed by atoms with Crippen molar-refractivity contribution in [1.29, 1.82) is 0 Å². The maximum Gasteiger partial charge on any atom is 0.335 e. The fourth-order valence-corrected chi connectivity index (χ4v) is 4.67. The first-order valence-electron chi connectivity index (χ1n) is 11.5. The van der Waals surface area contributed by atoms with E-state index in [1.54, 1.807) is 12.1 Å². The topological polar surface area (TPSA) is 44.1 Å². The van der Waals surface area contributed by atoms with Crippen molar-refractivity contribution in [3.05, 3.63) is 115 Å². The smallest absolute Gasteiger partial charge is 0.335 e. The Morgan fingerprint density at radius 1 is 0.800 bits per heavy atom. The van der Waals surface area contributed by atoms with Crippen LogP contribution < -0.4 is 4.74 Å². The van der Waals surface area contributed by atoms with Crippen LogP contribution in [0.1, 0.15) is 5.56 Å². The largest absolute Gasteiger partial charge is 0.423 e. The standard InChI is InChI=1S/C31H22N2O2/c1-3-28(34)35-23-18-16-22(17-19-23)33-30-27-11-7-5-9-25(27)24-8-4-6-10-26(24)29(30)32-31(33)21-14-12-20(2)13-15-21/h3-19H,1H2,2H3. The van der Waals surface area contributed by atoms with Gasteiger partial charge in [0.2, 0.25) is 0 Å². The van der Waals surface area contributed by atoms with Crippen molar-refractivity contribution in [2.45, 2.75) is 6.92 Å². The molecule has 0 bridgehead atoms. The van der Waals surface area contributed by atoms with Gasteiger partial charge in [-0.25, -0.2) is 9.78 Å². The monoisotopic (exact) mass is 454 g/mol. The minimum absolute atomic E-state index is 0.468. The number of aryl methyl sites for hydroxylation is 1. The van der Waals surface area contributed by atoms with Gasteiger partial charge in [-0.15, -0.1) is 0 Å². The molecule has 1 heterocycles. The molecule has 5 aromatic carbocycles. The number of nitrogens with zero attached hydrogens (tertiary/aromatic N) is 2. The predicted molar refractivity (Wildman–Crippen MR) is 142 cm³/mol. The molecule has 0 aliphatic heterocycles. The SMILES string of the molecule is C=CC(=O)Oc1ccc(-n2c(-c3ccc(C)cc3)nc3c4ccccc4c4ccccc4c32)cc1. The van der Waals surface area contributed by atoms with E-state index in [1.807, 2.05) is 12.1 Å². The van der Waals surface area contributed by atoms with Crippen molar-refractivity contribution >= 4 is 38.5 Å². The molecule has 168 valence electrons. The zero-order valence-electron chi connectivity index (χ0n) is 19.2. The van der Waals surface area contributed by atoms with E-state index in [9.17, 15) is 4.79 Å². The van der Waals surface area contributed by atoms with Crippen LogP contribution in [0.15, 0.2) is 110 Å². The lowest BCUT2D eigenvalue weighted by Gasteiger charge is -2.13. The van der Waals surface area contributed by atoms with Crippen molar-refractivity contribution < 1.29 is 9.53 Å². The van der Waals surface area contributed by atoms with E-state index in [4.69, 9.17) is 9.72 Å². The van der Waals surface area contributed by atoms with E-state index >= 15 is 0 Å². The second kappa shape index (κ2) is 8.26. The molecule has 6 aromatic rings. The van der Waals surface area contributed by atoms with Crippen LogP contribution in [0.5, 0.6) is 5.75 Å². The van der Waals surface area contributed by atoms with Crippen molar-refractivity contribution in [3.8, 4) is 22.8 Å². The summed E-state index contributed by atoms with van der Waals surface area (Å²) >= 11 is 0. The number of ether oxygens (including phenoxy) is 1. The van der Waals surface area contributed by atoms with Gasteiger partial charge in [0.25, 0.3) is 0 Å². The normalized spacial score (nSPS) is 11.2. The van der Waals surface area contributed by atoms with Gasteiger partial charge < -0.3 is 4.74 Å². The molecule has 4 nitrogen and oxygen atoms in total. The van der Waals surface area contributed by atoms with Gasteiger partial charge in [-0.3, -0.25) is 4.57 Å². The number of carbonyl (C=O) groups is 1. The molecule has 0 saturated heterocycles. The number of hydrogen-bond acceptors (Lipinski definition) is 3. The second-order valence-electron chi connectivity index (χ2n) is 8.54. The van der Waals surface area contributed by atoms with Crippen LogP contribution in [-0.4, -0.2) is 15.5 Å². The summed E-state index contributed by atoms with van der Waals surface area (Å²) < 4.78 is 7.50. The quantitative estimate of drug-likeness (QED) is 0.121. The molecular formula is C31H22N2O2. The second-order valence-corrected chi connectivity index (χ2v) is 8.54. The van der Waals surface area contributed by atoms with E-state index in [2.05, 4.69) is 90.9 Å². The van der Waals surface area contributed by atoms with E-state index in [0.29, 0.717) is 5.75 Å². The highest BCUT2D eigenvalue weighted by Crippen LogP contribution is 2.39. The van der Waals surface area contributed by atoms with Crippen LogP contribution in [-0.2, 0) is 4.79 Å². The molecule has 0 fully saturated rings. The molecule has 4 heteroatoms. The third-order valence-electron chi connectivity index (χ3n) is 6.32. The van der Waals surface area contributed by atoms with E-state index < -0.39 is 5.97 Å². The highest BCUT2D eigenvalue weighted by Gasteiger charge is 2.20. The molecule has 0 atom stereocenters. The molecule has 0 aliphatic carbocycles. The third-order valence-corrected chi connectivity index (χ3v) is 6.32. The van der Waals surface area contributed by atoms with Gasteiger partial charge in [-0.05, 0) is 42.0 Å². The summed E-state index contributed by atoms with van der Waals surface area (Å²) in [5.41, 5.74) is 5.16. The Hall–Kier alpha value is -4.70. The van der Waals surface area contributed by atoms with Crippen LogP contribution in [0.2, 0.25) is 0 Å². The minimum atomic E-state index is -0.483. The molecule has 0 amide bonds. The molecule has 6 rings (SSSR count). The Morgan fingerprint density at radius 3 is 2.06 bits per heavy atom. The number of imidazole rings is 1. The van der Waals surface area contributed by atoms with Crippen LogP contribution in [0.4, 0.5) is 0 Å². The molecule has 1 aromatic heterocycles. The summed E-state index contributed by atoms with van der Waals surface area (Å²) in [5.74, 6) is 0.844. The summed E-state index contributed by atoms with van der Waals surface area (Å²) in [6.45, 7) is 5.55. The van der Waals surface area contributed by atoms with Crippen LogP contribution in [0.3, 0.4) is 0 Å². The highest BCUT2D eigenvalue weighted by atomic mass is 16.5. The summed E-state index contributed by atoms with van der Waals surface area (Å²) in [6.07, 6.45) is 1.16. The predicted octanol–water partition coefficient (Wildman–Crippen LogP) is 7.40. The first-order valence-corrected chi connectivity index (χ1v) is 11.5. The average molecular weight is 455 g/mol. The number of esters is 1. The third kappa shape index (κ3) is 3.47. The van der Waals surface area contributed by atoms with Gasteiger partial charge in [-0.1, -0.05) is 84.9 Å². The van der Waals surface area contributed by atoms with Gasteiger partial charge in [0.05, 0.1) is 11.0 Å². The fraction of sp³-hybridized carbons (Fsp3) is 0.0323. The van der Waals surface area contributed by atoms with Gasteiger partial charge in [0, 0.05) is 28.1 Å². The Bertz CT molecular complexity index is 1740. The fourth-order valence-electron chi connectivity index (χ4n) is 4.67. The lowest BCUT2D eigenvalue weighted by atomic mass is 10.00. The van der Waals surface area contributed by atoms with Gasteiger partial charge in [0.15, 0.2) is 0 Å². The number of aromatic nitrogens is 2. The number of fused-ring (bicyclic) bond motifs is 6. The van der Waals surface area contributed by atoms with Crippen molar-refractivity contribution in [3.63, 3.8) is 0 Å².